The van der Waals surface area contributed by atoms with E-state index < -0.39 is 0 Å². The van der Waals surface area contributed by atoms with Gasteiger partial charge in [0.05, 0.1) is 6.29 Å². The molecule has 0 heterocycles. The zero-order valence-electron chi connectivity index (χ0n) is 7.66. The van der Waals surface area contributed by atoms with Crippen LogP contribution < -0.4 is 0 Å². The Kier molecular flexibility index (Phi) is 6.01. The monoisotopic (exact) mass is 248 g/mol. The van der Waals surface area contributed by atoms with Gasteiger partial charge in [-0.05, 0) is 6.92 Å². The summed E-state index contributed by atoms with van der Waals surface area (Å²) in [5.74, 6) is 0. The molecule has 3 heteroatoms. The molecule has 0 saturated carbocycles. The van der Waals surface area contributed by atoms with Crippen LogP contribution in [0.3, 0.4) is 0 Å². The van der Waals surface area contributed by atoms with Crippen molar-refractivity contribution in [3.8, 4) is 0 Å². The van der Waals surface area contributed by atoms with E-state index in [0.717, 1.165) is 5.56 Å². The van der Waals surface area contributed by atoms with E-state index in [2.05, 4.69) is 11.2 Å². The third-order valence-electron chi connectivity index (χ3n) is 1.50. The number of nitrogens with zero attached hydrogens (tertiary/aromatic N) is 1. The number of rotatable bonds is 2. The molecule has 13 heavy (non-hydrogen) atoms. The second-order valence-electron chi connectivity index (χ2n) is 2.46. The van der Waals surface area contributed by atoms with Crippen molar-refractivity contribution >= 4 is 18.2 Å². The minimum atomic E-state index is 0. The fourth-order valence-electron chi connectivity index (χ4n) is 0.941. The molecule has 0 aliphatic carbocycles. The minimum absolute atomic E-state index is 0. The van der Waals surface area contributed by atoms with Crippen molar-refractivity contribution in [1.82, 2.24) is 0 Å². The van der Waals surface area contributed by atoms with E-state index in [1.54, 1.807) is 13.0 Å². The van der Waals surface area contributed by atoms with Crippen LogP contribution in [0, 0.1) is 6.92 Å². The van der Waals surface area contributed by atoms with Crippen molar-refractivity contribution in [2.45, 2.75) is 13.8 Å². The number of aryl methyl sites for hydroxylation is 1. The summed E-state index contributed by atoms with van der Waals surface area (Å²) in [6, 6.07) is 5.39. The number of hydrogen-bond donors (Lipinski definition) is 0. The predicted octanol–water partition coefficient (Wildman–Crippen LogP) is 2.05. The van der Waals surface area contributed by atoms with Crippen LogP contribution in [0.15, 0.2) is 23.2 Å². The molecule has 0 aromatic heterocycles. The van der Waals surface area contributed by atoms with E-state index >= 15 is 0 Å². The molecule has 1 aromatic carbocycles. The van der Waals surface area contributed by atoms with Gasteiger partial charge in [-0.3, -0.25) is 0 Å². The van der Waals surface area contributed by atoms with E-state index in [1.165, 1.54) is 0 Å². The van der Waals surface area contributed by atoms with Gasteiger partial charge in [-0.15, -0.1) is 18.6 Å². The van der Waals surface area contributed by atoms with Crippen LogP contribution in [-0.4, -0.2) is 12.5 Å². The molecule has 0 N–H and O–H groups in total. The van der Waals surface area contributed by atoms with Gasteiger partial charge < -0.3 is 9.79 Å². The second kappa shape index (κ2) is 6.17. The first kappa shape index (κ1) is 12.7. The maximum atomic E-state index is 10.4. The smallest absolute Gasteiger partial charge is 0.0647 e. The normalized spacial score (nSPS) is 9.69. The first-order valence-electron chi connectivity index (χ1n) is 3.64. The van der Waals surface area contributed by atoms with Gasteiger partial charge >= 0.3 is 0 Å². The van der Waals surface area contributed by atoms with Crippen LogP contribution in [0.2, 0.25) is 0 Å². The summed E-state index contributed by atoms with van der Waals surface area (Å²) in [5.41, 5.74) is 2.19. The van der Waals surface area contributed by atoms with Gasteiger partial charge in [-0.25, -0.2) is 0 Å². The van der Waals surface area contributed by atoms with Crippen LogP contribution in [0.4, 0.5) is 5.69 Å². The second-order valence-corrected chi connectivity index (χ2v) is 2.46. The molecular weight excluding hydrogens is 239 g/mol. The summed E-state index contributed by atoms with van der Waals surface area (Å²) in [7, 11) is 0. The number of aliphatic imine (C=N–C) groups is 1. The molecular formula is C10H9NOY-2. The van der Waals surface area contributed by atoms with Crippen LogP contribution >= 0.6 is 0 Å². The molecule has 0 unspecified atom stereocenters. The fourth-order valence-corrected chi connectivity index (χ4v) is 0.941. The maximum Gasteiger partial charge on any atom is 0.0647 e. The van der Waals surface area contributed by atoms with Gasteiger partial charge in [0.15, 0.2) is 0 Å². The molecule has 1 rings (SSSR count). The quantitative estimate of drug-likeness (QED) is 0.581. The van der Waals surface area contributed by atoms with E-state index in [9.17, 15) is 4.79 Å². The molecule has 0 bridgehead atoms. The van der Waals surface area contributed by atoms with E-state index in [1.807, 2.05) is 25.3 Å². The summed E-state index contributed by atoms with van der Waals surface area (Å²) >= 11 is 0. The Labute approximate surface area is 103 Å². The summed E-state index contributed by atoms with van der Waals surface area (Å²) in [6.07, 6.45) is 4.46. The van der Waals surface area contributed by atoms with Crippen LogP contribution in [0.1, 0.15) is 18.1 Å². The molecule has 0 aliphatic rings. The Morgan fingerprint density at radius 2 is 2.08 bits per heavy atom. The van der Waals surface area contributed by atoms with Crippen molar-refractivity contribution < 1.29 is 37.5 Å². The molecule has 1 radical (unpaired) electrons. The fraction of sp³-hybridized carbons (Fsp3) is 0.200. The Balaban J connectivity index is 0.00000144. The Morgan fingerprint density at radius 1 is 1.38 bits per heavy atom. The SMILES string of the molecule is C[C-]=Nc1cc(C)ccc1[C-]=O.[Y]. The zero-order valence-corrected chi connectivity index (χ0v) is 10.5. The van der Waals surface area contributed by atoms with Crippen LogP contribution in [-0.2, 0) is 37.5 Å². The van der Waals surface area contributed by atoms with Crippen molar-refractivity contribution in [2.24, 2.45) is 4.99 Å². The summed E-state index contributed by atoms with van der Waals surface area (Å²) < 4.78 is 0. The summed E-state index contributed by atoms with van der Waals surface area (Å²) in [6.45, 7) is 3.64. The number of benzene rings is 1. The first-order chi connectivity index (χ1) is 5.77. The van der Waals surface area contributed by atoms with Gasteiger partial charge in [0.25, 0.3) is 0 Å². The van der Waals surface area contributed by atoms with Gasteiger partial charge in [0.2, 0.25) is 0 Å². The van der Waals surface area contributed by atoms with Gasteiger partial charge in [0, 0.05) is 32.7 Å². The van der Waals surface area contributed by atoms with E-state index in [4.69, 9.17) is 0 Å². The minimum Gasteiger partial charge on any atom is -0.427 e. The molecule has 0 amide bonds. The van der Waals surface area contributed by atoms with Crippen LogP contribution in [0.5, 0.6) is 0 Å². The largest absolute Gasteiger partial charge is 0.427 e. The molecule has 0 fully saturated rings. The van der Waals surface area contributed by atoms with Crippen molar-refractivity contribution in [2.75, 3.05) is 0 Å². The molecule has 0 saturated heterocycles. The first-order valence-corrected chi connectivity index (χ1v) is 3.64. The number of carbonyl (C=O) groups excluding carboxylic acids is 1. The Bertz CT molecular complexity index is 321. The topological polar surface area (TPSA) is 29.4 Å². The van der Waals surface area contributed by atoms with Gasteiger partial charge in [0.1, 0.15) is 0 Å². The average Bonchev–Trinajstić information content (AvgIpc) is 2.05. The third kappa shape index (κ3) is 3.49. The van der Waals surface area contributed by atoms with Crippen molar-refractivity contribution in [1.29, 1.82) is 0 Å². The van der Waals surface area contributed by atoms with E-state index in [0.29, 0.717) is 11.3 Å². The summed E-state index contributed by atoms with van der Waals surface area (Å²) in [4.78, 5) is 14.3. The maximum absolute atomic E-state index is 10.4. The molecule has 0 atom stereocenters. The van der Waals surface area contributed by atoms with Crippen molar-refractivity contribution in [3.05, 3.63) is 29.3 Å². The molecule has 65 valence electrons. The standard InChI is InChI=1S/C10H9NO.Y/c1-3-11-10-6-8(2)4-5-9(10)7-12;/h4-6H,1-2H3;/q-2;. The van der Waals surface area contributed by atoms with Gasteiger partial charge in [-0.2, -0.15) is 12.3 Å². The molecule has 1 aromatic rings. The summed E-state index contributed by atoms with van der Waals surface area (Å²) in [5, 5.41) is 0. The van der Waals surface area contributed by atoms with Gasteiger partial charge in [-0.1, -0.05) is 17.3 Å². The average molecular weight is 248 g/mol. The van der Waals surface area contributed by atoms with Crippen LogP contribution in [0.25, 0.3) is 0 Å². The Hall–Kier alpha value is -0.336. The number of hydrogen-bond acceptors (Lipinski definition) is 2. The predicted molar refractivity (Wildman–Crippen MR) is 48.7 cm³/mol. The third-order valence-corrected chi connectivity index (χ3v) is 1.50. The molecule has 2 nitrogen and oxygen atoms in total. The molecule has 0 spiro atoms. The molecule has 0 aliphatic heterocycles. The Morgan fingerprint density at radius 3 is 2.62 bits per heavy atom. The van der Waals surface area contributed by atoms with Crippen molar-refractivity contribution in [3.63, 3.8) is 0 Å². The zero-order chi connectivity index (χ0) is 8.97. The van der Waals surface area contributed by atoms with E-state index in [-0.39, 0.29) is 32.7 Å².